The summed E-state index contributed by atoms with van der Waals surface area (Å²) in [7, 11) is 1.60. The van der Waals surface area contributed by atoms with Crippen molar-refractivity contribution in [2.75, 3.05) is 12.4 Å². The number of nitrogens with one attached hydrogen (secondary N) is 2. The van der Waals surface area contributed by atoms with Crippen molar-refractivity contribution in [1.82, 2.24) is 15.5 Å². The van der Waals surface area contributed by atoms with E-state index in [0.717, 1.165) is 11.1 Å². The molecule has 0 aliphatic rings. The van der Waals surface area contributed by atoms with Crippen molar-refractivity contribution < 1.29 is 14.3 Å². The minimum Gasteiger partial charge on any atom is -0.497 e. The second-order valence-corrected chi connectivity index (χ2v) is 7.06. The summed E-state index contributed by atoms with van der Waals surface area (Å²) in [6, 6.07) is 16.1. The Labute approximate surface area is 166 Å². The number of anilines is 1. The number of ether oxygens (including phenoxy) is 1. The Morgan fingerprint density at radius 3 is 2.64 bits per heavy atom. The van der Waals surface area contributed by atoms with Gasteiger partial charge in [0.1, 0.15) is 16.8 Å². The summed E-state index contributed by atoms with van der Waals surface area (Å²) in [5.41, 5.74) is 1.74. The molecule has 0 fully saturated rings. The average molecular weight is 396 g/mol. The lowest BCUT2D eigenvalue weighted by atomic mass is 10.1. The number of methoxy groups -OCH3 is 1. The van der Waals surface area contributed by atoms with E-state index >= 15 is 0 Å². The number of rotatable bonds is 7. The van der Waals surface area contributed by atoms with Crippen LogP contribution in [0.25, 0.3) is 10.6 Å². The van der Waals surface area contributed by atoms with E-state index in [1.165, 1.54) is 11.3 Å². The summed E-state index contributed by atoms with van der Waals surface area (Å²) < 4.78 is 5.21. The van der Waals surface area contributed by atoms with Crippen LogP contribution in [0.2, 0.25) is 0 Å². The van der Waals surface area contributed by atoms with Crippen molar-refractivity contribution in [2.45, 2.75) is 19.4 Å². The van der Waals surface area contributed by atoms with E-state index in [2.05, 4.69) is 20.8 Å². The van der Waals surface area contributed by atoms with Gasteiger partial charge in [0.2, 0.25) is 16.9 Å². The zero-order valence-electron chi connectivity index (χ0n) is 15.5. The lowest BCUT2D eigenvalue weighted by Crippen LogP contribution is -2.42. The van der Waals surface area contributed by atoms with Crippen molar-refractivity contribution in [1.29, 1.82) is 0 Å². The van der Waals surface area contributed by atoms with E-state index in [-0.39, 0.29) is 18.2 Å². The molecule has 28 heavy (non-hydrogen) atoms. The molecule has 3 rings (SSSR count). The summed E-state index contributed by atoms with van der Waals surface area (Å²) in [4.78, 5) is 24.4. The van der Waals surface area contributed by atoms with Crippen LogP contribution >= 0.6 is 11.3 Å². The quantitative estimate of drug-likeness (QED) is 0.641. The van der Waals surface area contributed by atoms with Crippen molar-refractivity contribution in [3.05, 3.63) is 60.2 Å². The average Bonchev–Trinajstić information content (AvgIpc) is 3.17. The molecule has 2 amide bonds. The Balaban J connectivity index is 1.57. The zero-order valence-corrected chi connectivity index (χ0v) is 16.3. The molecule has 1 atom stereocenters. The van der Waals surface area contributed by atoms with E-state index in [4.69, 9.17) is 4.74 Å². The molecular formula is C20H20N4O3S. The van der Waals surface area contributed by atoms with Gasteiger partial charge in [0, 0.05) is 5.56 Å². The third kappa shape index (κ3) is 5.14. The molecule has 0 saturated heterocycles. The number of carbonyl (C=O) groups is 2. The number of hydrogen-bond acceptors (Lipinski definition) is 6. The molecule has 8 heteroatoms. The zero-order chi connectivity index (χ0) is 19.9. The molecule has 0 aliphatic heterocycles. The molecule has 0 bridgehead atoms. The fourth-order valence-corrected chi connectivity index (χ4v) is 3.24. The topological polar surface area (TPSA) is 93.2 Å². The first-order chi connectivity index (χ1) is 13.5. The minimum absolute atomic E-state index is 0.219. The number of nitrogens with zero attached hydrogens (tertiary/aromatic N) is 2. The van der Waals surface area contributed by atoms with Crippen LogP contribution in [0.15, 0.2) is 54.6 Å². The molecule has 3 aromatic rings. The van der Waals surface area contributed by atoms with Gasteiger partial charge < -0.3 is 10.1 Å². The highest BCUT2D eigenvalue weighted by Gasteiger charge is 2.18. The van der Waals surface area contributed by atoms with Crippen LogP contribution in [0, 0.1) is 0 Å². The molecular weight excluding hydrogens is 376 g/mol. The van der Waals surface area contributed by atoms with Crippen LogP contribution in [0.1, 0.15) is 12.5 Å². The number of aromatic nitrogens is 2. The van der Waals surface area contributed by atoms with Crippen LogP contribution in [-0.2, 0) is 16.0 Å². The Morgan fingerprint density at radius 2 is 1.89 bits per heavy atom. The molecule has 7 nitrogen and oxygen atoms in total. The van der Waals surface area contributed by atoms with E-state index < -0.39 is 6.04 Å². The number of carbonyl (C=O) groups excluding carboxylic acids is 2. The predicted molar refractivity (Wildman–Crippen MR) is 108 cm³/mol. The lowest BCUT2D eigenvalue weighted by Gasteiger charge is -2.12. The predicted octanol–water partition coefficient (Wildman–Crippen LogP) is 2.90. The van der Waals surface area contributed by atoms with Crippen molar-refractivity contribution in [2.24, 2.45) is 0 Å². The van der Waals surface area contributed by atoms with Gasteiger partial charge in [-0.25, -0.2) is 0 Å². The van der Waals surface area contributed by atoms with Crippen molar-refractivity contribution >= 4 is 28.3 Å². The van der Waals surface area contributed by atoms with Crippen LogP contribution in [0.3, 0.4) is 0 Å². The molecule has 0 spiro atoms. The monoisotopic (exact) mass is 396 g/mol. The summed E-state index contributed by atoms with van der Waals surface area (Å²) in [5, 5.41) is 14.5. The molecule has 0 saturated carbocycles. The van der Waals surface area contributed by atoms with E-state index in [0.29, 0.717) is 15.9 Å². The smallest absolute Gasteiger partial charge is 0.248 e. The number of hydrogen-bond donors (Lipinski definition) is 2. The largest absolute Gasteiger partial charge is 0.497 e. The van der Waals surface area contributed by atoms with Gasteiger partial charge in [0.05, 0.1) is 13.5 Å². The van der Waals surface area contributed by atoms with Gasteiger partial charge >= 0.3 is 0 Å². The second-order valence-electron chi connectivity index (χ2n) is 6.09. The standard InChI is InChI=1S/C20H20N4O3S/c1-13(21-17(25)11-14-7-4-3-5-8-14)18(26)22-20-24-23-19(28-20)15-9-6-10-16(12-15)27-2/h3-10,12-13H,11H2,1-2H3,(H,21,25)(H,22,24,26)/t13-/m0/s1. The SMILES string of the molecule is COc1cccc(-c2nnc(NC(=O)[C@H](C)NC(=O)Cc3ccccc3)s2)c1. The first-order valence-electron chi connectivity index (χ1n) is 8.67. The summed E-state index contributed by atoms with van der Waals surface area (Å²) >= 11 is 1.25. The Morgan fingerprint density at radius 1 is 1.11 bits per heavy atom. The van der Waals surface area contributed by atoms with E-state index in [1.807, 2.05) is 54.6 Å². The third-order valence-electron chi connectivity index (χ3n) is 3.95. The van der Waals surface area contributed by atoms with Crippen LogP contribution in [0.5, 0.6) is 5.75 Å². The van der Waals surface area contributed by atoms with Gasteiger partial charge in [-0.1, -0.05) is 53.8 Å². The van der Waals surface area contributed by atoms with Gasteiger partial charge in [-0.2, -0.15) is 0 Å². The maximum atomic E-state index is 12.3. The summed E-state index contributed by atoms with van der Waals surface area (Å²) in [6.45, 7) is 1.63. The van der Waals surface area contributed by atoms with Crippen LogP contribution in [-0.4, -0.2) is 35.2 Å². The first-order valence-corrected chi connectivity index (χ1v) is 9.49. The molecule has 2 aromatic carbocycles. The number of amides is 2. The molecule has 0 unspecified atom stereocenters. The maximum absolute atomic E-state index is 12.3. The Hall–Kier alpha value is -3.26. The third-order valence-corrected chi connectivity index (χ3v) is 4.84. The van der Waals surface area contributed by atoms with Crippen LogP contribution < -0.4 is 15.4 Å². The van der Waals surface area contributed by atoms with E-state index in [9.17, 15) is 9.59 Å². The lowest BCUT2D eigenvalue weighted by molar-refractivity contribution is -0.125. The normalized spacial score (nSPS) is 11.5. The van der Waals surface area contributed by atoms with Gasteiger partial charge in [-0.15, -0.1) is 10.2 Å². The Bertz CT molecular complexity index is 959. The summed E-state index contributed by atoms with van der Waals surface area (Å²) in [6.07, 6.45) is 0.219. The summed E-state index contributed by atoms with van der Waals surface area (Å²) in [5.74, 6) is 0.144. The minimum atomic E-state index is -0.694. The molecule has 2 N–H and O–H groups in total. The first kappa shape index (κ1) is 19.5. The molecule has 0 radical (unpaired) electrons. The highest BCUT2D eigenvalue weighted by molar-refractivity contribution is 7.18. The molecule has 1 heterocycles. The van der Waals surface area contributed by atoms with Crippen LogP contribution in [0.4, 0.5) is 5.13 Å². The second kappa shape index (κ2) is 9.09. The van der Waals surface area contributed by atoms with Crippen molar-refractivity contribution in [3.8, 4) is 16.3 Å². The highest BCUT2D eigenvalue weighted by Crippen LogP contribution is 2.28. The number of benzene rings is 2. The van der Waals surface area contributed by atoms with E-state index in [1.54, 1.807) is 14.0 Å². The fraction of sp³-hybridized carbons (Fsp3) is 0.200. The van der Waals surface area contributed by atoms with Gasteiger partial charge in [-0.05, 0) is 24.6 Å². The Kier molecular flexibility index (Phi) is 6.33. The van der Waals surface area contributed by atoms with Gasteiger partial charge in [0.25, 0.3) is 0 Å². The van der Waals surface area contributed by atoms with Gasteiger partial charge in [0.15, 0.2) is 0 Å². The molecule has 144 valence electrons. The van der Waals surface area contributed by atoms with Gasteiger partial charge in [-0.3, -0.25) is 14.9 Å². The molecule has 1 aromatic heterocycles. The van der Waals surface area contributed by atoms with Crippen molar-refractivity contribution in [3.63, 3.8) is 0 Å². The highest BCUT2D eigenvalue weighted by atomic mass is 32.1. The molecule has 0 aliphatic carbocycles. The fourth-order valence-electron chi connectivity index (χ4n) is 2.50. The maximum Gasteiger partial charge on any atom is 0.248 e.